The summed E-state index contributed by atoms with van der Waals surface area (Å²) >= 11 is 1.48. The van der Waals surface area contributed by atoms with E-state index in [0.29, 0.717) is 22.0 Å². The highest BCUT2D eigenvalue weighted by Crippen LogP contribution is 2.26. The second-order valence-corrected chi connectivity index (χ2v) is 4.91. The van der Waals surface area contributed by atoms with Gasteiger partial charge >= 0.3 is 0 Å². The van der Waals surface area contributed by atoms with E-state index in [9.17, 15) is 9.18 Å². The molecule has 0 bridgehead atoms. The van der Waals surface area contributed by atoms with Crippen molar-refractivity contribution in [2.24, 2.45) is 0 Å². The Hall–Kier alpha value is -1.94. The molecule has 0 amide bonds. The third kappa shape index (κ3) is 1.57. The first-order chi connectivity index (χ1) is 8.68. The molecule has 1 aromatic carbocycles. The molecule has 3 aromatic rings. The SMILES string of the molecule is Cc1cscc1C(=O)c1c[nH]c2cccc(F)c12. The van der Waals surface area contributed by atoms with Crippen LogP contribution in [0, 0.1) is 12.7 Å². The number of thiophene rings is 1. The standard InChI is InChI=1S/C14H10FNOS/c1-8-6-18-7-10(8)14(17)9-5-16-12-4-2-3-11(15)13(9)12/h2-7,16H,1H3. The summed E-state index contributed by atoms with van der Waals surface area (Å²) in [5.74, 6) is -0.505. The second kappa shape index (κ2) is 4.07. The van der Waals surface area contributed by atoms with E-state index in [2.05, 4.69) is 4.98 Å². The Kier molecular flexibility index (Phi) is 2.52. The summed E-state index contributed by atoms with van der Waals surface area (Å²) in [6.07, 6.45) is 1.58. The lowest BCUT2D eigenvalue weighted by Crippen LogP contribution is -2.01. The molecule has 0 aliphatic rings. The molecule has 0 aliphatic carbocycles. The Morgan fingerprint density at radius 1 is 1.28 bits per heavy atom. The van der Waals surface area contributed by atoms with Crippen LogP contribution in [0.5, 0.6) is 0 Å². The summed E-state index contributed by atoms with van der Waals surface area (Å²) in [5.41, 5.74) is 2.61. The molecule has 2 aromatic heterocycles. The maximum atomic E-state index is 13.8. The molecule has 18 heavy (non-hydrogen) atoms. The monoisotopic (exact) mass is 259 g/mol. The van der Waals surface area contributed by atoms with Gasteiger partial charge in [-0.1, -0.05) is 6.07 Å². The molecular formula is C14H10FNOS. The lowest BCUT2D eigenvalue weighted by Gasteiger charge is -1.99. The van der Waals surface area contributed by atoms with E-state index < -0.39 is 0 Å². The van der Waals surface area contributed by atoms with E-state index in [-0.39, 0.29) is 11.6 Å². The fourth-order valence-electron chi connectivity index (χ4n) is 2.06. The van der Waals surface area contributed by atoms with Crippen molar-refractivity contribution in [3.8, 4) is 0 Å². The second-order valence-electron chi connectivity index (χ2n) is 4.16. The zero-order valence-corrected chi connectivity index (χ0v) is 10.5. The summed E-state index contributed by atoms with van der Waals surface area (Å²) in [6.45, 7) is 1.88. The van der Waals surface area contributed by atoms with Crippen molar-refractivity contribution in [1.29, 1.82) is 0 Å². The van der Waals surface area contributed by atoms with Crippen molar-refractivity contribution in [3.05, 3.63) is 57.7 Å². The van der Waals surface area contributed by atoms with Gasteiger partial charge in [-0.05, 0) is 30.0 Å². The van der Waals surface area contributed by atoms with E-state index in [4.69, 9.17) is 0 Å². The van der Waals surface area contributed by atoms with Crippen LogP contribution >= 0.6 is 11.3 Å². The third-order valence-electron chi connectivity index (χ3n) is 3.00. The van der Waals surface area contributed by atoms with Gasteiger partial charge in [0, 0.05) is 28.0 Å². The first-order valence-corrected chi connectivity index (χ1v) is 6.46. The zero-order valence-electron chi connectivity index (χ0n) is 9.66. The number of halogens is 1. The first-order valence-electron chi connectivity index (χ1n) is 5.51. The third-order valence-corrected chi connectivity index (χ3v) is 3.86. The fraction of sp³-hybridized carbons (Fsp3) is 0.0714. The smallest absolute Gasteiger partial charge is 0.196 e. The van der Waals surface area contributed by atoms with E-state index >= 15 is 0 Å². The van der Waals surface area contributed by atoms with Crippen molar-refractivity contribution >= 4 is 28.0 Å². The predicted octanol–water partition coefficient (Wildman–Crippen LogP) is 3.91. The number of hydrogen-bond donors (Lipinski definition) is 1. The van der Waals surface area contributed by atoms with Crippen LogP contribution in [0.25, 0.3) is 10.9 Å². The number of aromatic amines is 1. The molecule has 2 nitrogen and oxygen atoms in total. The maximum absolute atomic E-state index is 13.8. The average Bonchev–Trinajstić information content (AvgIpc) is 2.95. The molecule has 0 saturated heterocycles. The molecule has 0 aliphatic heterocycles. The van der Waals surface area contributed by atoms with Crippen LogP contribution in [0.1, 0.15) is 21.5 Å². The summed E-state index contributed by atoms with van der Waals surface area (Å²) in [5, 5.41) is 4.09. The Morgan fingerprint density at radius 2 is 2.11 bits per heavy atom. The molecule has 1 N–H and O–H groups in total. The summed E-state index contributed by atoms with van der Waals surface area (Å²) in [7, 11) is 0. The fourth-order valence-corrected chi connectivity index (χ4v) is 2.89. The van der Waals surface area contributed by atoms with Gasteiger partial charge in [0.15, 0.2) is 5.78 Å². The van der Waals surface area contributed by atoms with E-state index in [1.807, 2.05) is 12.3 Å². The minimum absolute atomic E-state index is 0.134. The zero-order chi connectivity index (χ0) is 12.7. The molecule has 0 saturated carbocycles. The largest absolute Gasteiger partial charge is 0.360 e. The number of H-pyrrole nitrogens is 1. The Balaban J connectivity index is 2.22. The summed E-state index contributed by atoms with van der Waals surface area (Å²) in [6, 6.07) is 4.75. The van der Waals surface area contributed by atoms with Gasteiger partial charge < -0.3 is 4.98 Å². The van der Waals surface area contributed by atoms with E-state index in [0.717, 1.165) is 5.56 Å². The van der Waals surface area contributed by atoms with Gasteiger partial charge in [-0.2, -0.15) is 11.3 Å². The molecule has 2 heterocycles. The molecule has 3 rings (SSSR count). The van der Waals surface area contributed by atoms with Gasteiger partial charge in [0.2, 0.25) is 0 Å². The molecule has 0 unspecified atom stereocenters. The van der Waals surface area contributed by atoms with Gasteiger partial charge in [-0.3, -0.25) is 4.79 Å². The van der Waals surface area contributed by atoms with E-state index in [1.54, 1.807) is 23.7 Å². The quantitative estimate of drug-likeness (QED) is 0.695. The number of benzene rings is 1. The Morgan fingerprint density at radius 3 is 2.83 bits per heavy atom. The highest BCUT2D eigenvalue weighted by Gasteiger charge is 2.18. The van der Waals surface area contributed by atoms with Crippen LogP contribution in [-0.2, 0) is 0 Å². The van der Waals surface area contributed by atoms with Crippen LogP contribution < -0.4 is 0 Å². The lowest BCUT2D eigenvalue weighted by molar-refractivity contribution is 0.104. The van der Waals surface area contributed by atoms with Crippen LogP contribution in [0.2, 0.25) is 0 Å². The normalized spacial score (nSPS) is 11.0. The number of fused-ring (bicyclic) bond motifs is 1. The van der Waals surface area contributed by atoms with Crippen molar-refractivity contribution in [2.45, 2.75) is 6.92 Å². The molecule has 90 valence electrons. The number of nitrogens with one attached hydrogen (secondary N) is 1. The van der Waals surface area contributed by atoms with Gasteiger partial charge in [0.1, 0.15) is 5.82 Å². The summed E-state index contributed by atoms with van der Waals surface area (Å²) < 4.78 is 13.8. The maximum Gasteiger partial charge on any atom is 0.196 e. The number of rotatable bonds is 2. The van der Waals surface area contributed by atoms with Gasteiger partial charge in [0.05, 0.1) is 5.56 Å². The van der Waals surface area contributed by atoms with Crippen molar-refractivity contribution in [3.63, 3.8) is 0 Å². The number of hydrogen-bond acceptors (Lipinski definition) is 2. The summed E-state index contributed by atoms with van der Waals surface area (Å²) in [4.78, 5) is 15.3. The van der Waals surface area contributed by atoms with Crippen LogP contribution in [0.3, 0.4) is 0 Å². The minimum Gasteiger partial charge on any atom is -0.360 e. The highest BCUT2D eigenvalue weighted by molar-refractivity contribution is 7.08. The Labute approximate surface area is 107 Å². The minimum atomic E-state index is -0.370. The molecule has 0 atom stereocenters. The van der Waals surface area contributed by atoms with E-state index in [1.165, 1.54) is 17.4 Å². The van der Waals surface area contributed by atoms with Crippen LogP contribution in [-0.4, -0.2) is 10.8 Å². The van der Waals surface area contributed by atoms with Crippen LogP contribution in [0.4, 0.5) is 4.39 Å². The number of aromatic nitrogens is 1. The Bertz CT molecular complexity index is 741. The number of carbonyl (C=O) groups excluding carboxylic acids is 1. The van der Waals surface area contributed by atoms with Gasteiger partial charge in [0.25, 0.3) is 0 Å². The molecule has 0 spiro atoms. The van der Waals surface area contributed by atoms with Crippen molar-refractivity contribution in [2.75, 3.05) is 0 Å². The van der Waals surface area contributed by atoms with Crippen molar-refractivity contribution < 1.29 is 9.18 Å². The number of aryl methyl sites for hydroxylation is 1. The first kappa shape index (κ1) is 11.2. The molecular weight excluding hydrogens is 249 g/mol. The van der Waals surface area contributed by atoms with Crippen molar-refractivity contribution in [1.82, 2.24) is 4.98 Å². The van der Waals surface area contributed by atoms with Crippen LogP contribution in [0.15, 0.2) is 35.2 Å². The number of carbonyl (C=O) groups is 1. The topological polar surface area (TPSA) is 32.9 Å². The number of ketones is 1. The van der Waals surface area contributed by atoms with Gasteiger partial charge in [-0.25, -0.2) is 4.39 Å². The average molecular weight is 259 g/mol. The lowest BCUT2D eigenvalue weighted by atomic mass is 10.0. The predicted molar refractivity (Wildman–Crippen MR) is 70.7 cm³/mol. The molecule has 0 radical (unpaired) electrons. The van der Waals surface area contributed by atoms with Gasteiger partial charge in [-0.15, -0.1) is 0 Å². The molecule has 0 fully saturated rings. The highest BCUT2D eigenvalue weighted by atomic mass is 32.1. The molecule has 4 heteroatoms.